The average molecular weight is 473 g/mol. The third-order valence-corrected chi connectivity index (χ3v) is 6.78. The molecule has 3 aromatic rings. The lowest BCUT2D eigenvalue weighted by molar-refractivity contribution is 0.0789. The number of aryl methyl sites for hydroxylation is 1. The number of benzene rings is 3. The van der Waals surface area contributed by atoms with Gasteiger partial charge in [0.2, 0.25) is 0 Å². The minimum absolute atomic E-state index is 0.0169. The quantitative estimate of drug-likeness (QED) is 0.565. The lowest BCUT2D eigenvalue weighted by atomic mass is 10.2. The lowest BCUT2D eigenvalue weighted by Crippen LogP contribution is -2.40. The van der Waals surface area contributed by atoms with Gasteiger partial charge in [-0.2, -0.15) is 0 Å². The number of ether oxygens (including phenoxy) is 2. The van der Waals surface area contributed by atoms with E-state index in [9.17, 15) is 13.2 Å². The third-order valence-electron chi connectivity index (χ3n) is 4.93. The molecule has 0 saturated heterocycles. The summed E-state index contributed by atoms with van der Waals surface area (Å²) < 4.78 is 39.8. The number of carbonyl (C=O) groups is 1. The second-order valence-corrected chi connectivity index (χ2v) is 9.33. The van der Waals surface area contributed by atoms with Gasteiger partial charge in [-0.15, -0.1) is 0 Å². The standard InChI is InChI=1S/C23H21ClN2O5S/c1-15-6-2-3-7-19(15)26-32(28,29)22-12-16(10-11-18(22)24)23(27)25-13-17-14-30-20-8-4-5-9-21(20)31-17/h2-12,17,26H,13-14H2,1H3,(H,25,27)/t17-/m1/s1. The Bertz CT molecular complexity index is 1260. The van der Waals surface area contributed by atoms with Crippen LogP contribution in [0.25, 0.3) is 0 Å². The molecule has 1 atom stereocenters. The van der Waals surface area contributed by atoms with Gasteiger partial charge in [0, 0.05) is 5.56 Å². The molecule has 4 rings (SSSR count). The fraction of sp³-hybridized carbons (Fsp3) is 0.174. The second-order valence-electron chi connectivity index (χ2n) is 7.27. The SMILES string of the molecule is Cc1ccccc1NS(=O)(=O)c1cc(C(=O)NC[C@@H]2COc3ccccc3O2)ccc1Cl. The molecule has 1 aliphatic rings. The number of hydrogen-bond acceptors (Lipinski definition) is 5. The summed E-state index contributed by atoms with van der Waals surface area (Å²) in [7, 11) is -4.00. The maximum atomic E-state index is 12.9. The molecule has 1 aliphatic heterocycles. The van der Waals surface area contributed by atoms with Crippen LogP contribution >= 0.6 is 11.6 Å². The highest BCUT2D eigenvalue weighted by Gasteiger charge is 2.23. The van der Waals surface area contributed by atoms with Crippen LogP contribution < -0.4 is 19.5 Å². The van der Waals surface area contributed by atoms with Crippen LogP contribution in [-0.2, 0) is 10.0 Å². The first-order valence-electron chi connectivity index (χ1n) is 9.88. The van der Waals surface area contributed by atoms with E-state index in [4.69, 9.17) is 21.1 Å². The predicted molar refractivity (Wildman–Crippen MR) is 122 cm³/mol. The predicted octanol–water partition coefficient (Wildman–Crippen LogP) is 4.02. The Kier molecular flexibility index (Phi) is 6.25. The van der Waals surface area contributed by atoms with Crippen molar-refractivity contribution in [2.75, 3.05) is 17.9 Å². The molecule has 0 aromatic heterocycles. The molecular weight excluding hydrogens is 452 g/mol. The summed E-state index contributed by atoms with van der Waals surface area (Å²) in [6.07, 6.45) is -0.368. The molecule has 0 unspecified atom stereocenters. The van der Waals surface area contributed by atoms with Crippen molar-refractivity contribution in [3.05, 3.63) is 82.9 Å². The molecule has 166 valence electrons. The van der Waals surface area contributed by atoms with E-state index in [1.54, 1.807) is 31.2 Å². The Labute approximate surface area is 191 Å². The van der Waals surface area contributed by atoms with Crippen LogP contribution in [0, 0.1) is 6.92 Å². The molecule has 2 N–H and O–H groups in total. The Hall–Kier alpha value is -3.23. The van der Waals surface area contributed by atoms with Crippen molar-refractivity contribution in [2.45, 2.75) is 17.9 Å². The van der Waals surface area contributed by atoms with E-state index in [-0.39, 0.29) is 34.7 Å². The number of halogens is 1. The van der Waals surface area contributed by atoms with Gasteiger partial charge < -0.3 is 14.8 Å². The lowest BCUT2D eigenvalue weighted by Gasteiger charge is -2.26. The zero-order valence-electron chi connectivity index (χ0n) is 17.2. The van der Waals surface area contributed by atoms with Crippen LogP contribution in [0.15, 0.2) is 71.6 Å². The van der Waals surface area contributed by atoms with Crippen LogP contribution in [-0.4, -0.2) is 33.6 Å². The molecule has 0 aliphatic carbocycles. The molecule has 0 saturated carbocycles. The molecule has 7 nitrogen and oxygen atoms in total. The highest BCUT2D eigenvalue weighted by Crippen LogP contribution is 2.31. The first-order valence-corrected chi connectivity index (χ1v) is 11.7. The van der Waals surface area contributed by atoms with Gasteiger partial charge in [0.15, 0.2) is 11.5 Å². The topological polar surface area (TPSA) is 93.7 Å². The molecule has 0 spiro atoms. The molecule has 1 heterocycles. The summed E-state index contributed by atoms with van der Waals surface area (Å²) in [4.78, 5) is 12.5. The highest BCUT2D eigenvalue weighted by molar-refractivity contribution is 7.92. The van der Waals surface area contributed by atoms with Gasteiger partial charge in [0.05, 0.1) is 17.3 Å². The third kappa shape index (κ3) is 4.81. The van der Waals surface area contributed by atoms with E-state index in [2.05, 4.69) is 10.0 Å². The van der Waals surface area contributed by atoms with Gasteiger partial charge in [-0.3, -0.25) is 9.52 Å². The monoisotopic (exact) mass is 472 g/mol. The summed E-state index contributed by atoms with van der Waals surface area (Å²) in [5, 5.41) is 2.77. The molecule has 32 heavy (non-hydrogen) atoms. The minimum atomic E-state index is -4.00. The Balaban J connectivity index is 1.46. The highest BCUT2D eigenvalue weighted by atomic mass is 35.5. The van der Waals surface area contributed by atoms with E-state index in [0.717, 1.165) is 5.56 Å². The number of fused-ring (bicyclic) bond motifs is 1. The van der Waals surface area contributed by atoms with Crippen LogP contribution in [0.5, 0.6) is 11.5 Å². The van der Waals surface area contributed by atoms with Gasteiger partial charge in [0.25, 0.3) is 15.9 Å². The van der Waals surface area contributed by atoms with Gasteiger partial charge >= 0.3 is 0 Å². The van der Waals surface area contributed by atoms with Crippen molar-refractivity contribution < 1.29 is 22.7 Å². The normalized spacial score (nSPS) is 15.1. The van der Waals surface area contributed by atoms with Crippen molar-refractivity contribution in [1.29, 1.82) is 0 Å². The fourth-order valence-corrected chi connectivity index (χ4v) is 4.87. The van der Waals surface area contributed by atoms with Gasteiger partial charge in [-0.1, -0.05) is 41.9 Å². The van der Waals surface area contributed by atoms with E-state index in [1.165, 1.54) is 18.2 Å². The summed E-state index contributed by atoms with van der Waals surface area (Å²) in [5.74, 6) is 0.820. The molecule has 0 fully saturated rings. The Morgan fingerprint density at radius 1 is 1.06 bits per heavy atom. The fourth-order valence-electron chi connectivity index (χ4n) is 3.21. The zero-order valence-corrected chi connectivity index (χ0v) is 18.7. The van der Waals surface area contributed by atoms with Gasteiger partial charge in [0.1, 0.15) is 17.6 Å². The number of carbonyl (C=O) groups excluding carboxylic acids is 1. The maximum Gasteiger partial charge on any atom is 0.263 e. The number of amides is 1. The largest absolute Gasteiger partial charge is 0.486 e. The average Bonchev–Trinajstić information content (AvgIpc) is 2.79. The maximum absolute atomic E-state index is 12.9. The first kappa shape index (κ1) is 22.0. The van der Waals surface area contributed by atoms with Crippen LogP contribution in [0.1, 0.15) is 15.9 Å². The summed E-state index contributed by atoms with van der Waals surface area (Å²) in [5.41, 5.74) is 1.36. The van der Waals surface area contributed by atoms with Crippen molar-refractivity contribution in [2.24, 2.45) is 0 Å². The van der Waals surface area contributed by atoms with Crippen molar-refractivity contribution in [1.82, 2.24) is 5.32 Å². The van der Waals surface area contributed by atoms with Crippen LogP contribution in [0.2, 0.25) is 5.02 Å². The van der Waals surface area contributed by atoms with Crippen LogP contribution in [0.3, 0.4) is 0 Å². The molecule has 0 radical (unpaired) electrons. The second kappa shape index (κ2) is 9.10. The molecule has 0 bridgehead atoms. The van der Waals surface area contributed by atoms with E-state index < -0.39 is 15.9 Å². The number of hydrogen-bond donors (Lipinski definition) is 2. The number of para-hydroxylation sites is 3. The van der Waals surface area contributed by atoms with E-state index >= 15 is 0 Å². The molecular formula is C23H21ClN2O5S. The zero-order chi connectivity index (χ0) is 22.7. The number of anilines is 1. The van der Waals surface area contributed by atoms with Crippen LogP contribution in [0.4, 0.5) is 5.69 Å². The smallest absolute Gasteiger partial charge is 0.263 e. The molecule has 9 heteroatoms. The summed E-state index contributed by atoms with van der Waals surface area (Å²) in [6, 6.07) is 18.4. The Morgan fingerprint density at radius 2 is 1.78 bits per heavy atom. The number of rotatable bonds is 6. The van der Waals surface area contributed by atoms with Crippen molar-refractivity contribution in [3.63, 3.8) is 0 Å². The molecule has 1 amide bonds. The van der Waals surface area contributed by atoms with Gasteiger partial charge in [-0.05, 0) is 48.9 Å². The minimum Gasteiger partial charge on any atom is -0.486 e. The molecule has 3 aromatic carbocycles. The first-order chi connectivity index (χ1) is 15.3. The van der Waals surface area contributed by atoms with Crippen molar-refractivity contribution >= 4 is 33.2 Å². The van der Waals surface area contributed by atoms with E-state index in [1.807, 2.05) is 24.3 Å². The summed E-state index contributed by atoms with van der Waals surface area (Å²) in [6.45, 7) is 2.27. The Morgan fingerprint density at radius 3 is 2.56 bits per heavy atom. The summed E-state index contributed by atoms with van der Waals surface area (Å²) >= 11 is 6.15. The van der Waals surface area contributed by atoms with E-state index in [0.29, 0.717) is 17.2 Å². The number of nitrogens with one attached hydrogen (secondary N) is 2. The van der Waals surface area contributed by atoms with Gasteiger partial charge in [-0.25, -0.2) is 8.42 Å². The number of sulfonamides is 1. The van der Waals surface area contributed by atoms with Crippen molar-refractivity contribution in [3.8, 4) is 11.5 Å².